The molecule has 0 N–H and O–H groups in total. The number of nitrogens with zero attached hydrogens (tertiary/aromatic N) is 1. The summed E-state index contributed by atoms with van der Waals surface area (Å²) in [4.78, 5) is 22.5. The van der Waals surface area contributed by atoms with Crippen molar-refractivity contribution in [2.45, 2.75) is 53.2 Å². The van der Waals surface area contributed by atoms with Crippen molar-refractivity contribution in [2.75, 3.05) is 0 Å². The molecule has 0 aromatic heterocycles. The summed E-state index contributed by atoms with van der Waals surface area (Å²) in [5.41, 5.74) is 0.583. The van der Waals surface area contributed by atoms with Crippen LogP contribution in [0.3, 0.4) is 0 Å². The average Bonchev–Trinajstić information content (AvgIpc) is 2.29. The zero-order valence-electron chi connectivity index (χ0n) is 13.2. The number of hydrogen-bond acceptors (Lipinski definition) is 5. The third-order valence-corrected chi connectivity index (χ3v) is 2.63. The molecule has 0 fully saturated rings. The molecule has 1 unspecified atom stereocenters. The molecule has 0 amide bonds. The number of ether oxygens (including phenoxy) is 2. The van der Waals surface area contributed by atoms with Crippen molar-refractivity contribution < 1.29 is 19.2 Å². The van der Waals surface area contributed by atoms with Crippen molar-refractivity contribution in [2.24, 2.45) is 0 Å². The zero-order valence-corrected chi connectivity index (χ0v) is 13.2. The Morgan fingerprint density at radius 3 is 2.33 bits per heavy atom. The number of rotatable bonds is 4. The number of carbonyl (C=O) groups excluding carboxylic acids is 1. The fourth-order valence-electron chi connectivity index (χ4n) is 1.83. The number of carbonyl (C=O) groups is 1. The molecule has 21 heavy (non-hydrogen) atoms. The molecule has 0 bridgehead atoms. The van der Waals surface area contributed by atoms with E-state index in [-0.39, 0.29) is 11.4 Å². The van der Waals surface area contributed by atoms with Crippen LogP contribution < -0.4 is 4.74 Å². The van der Waals surface area contributed by atoms with Gasteiger partial charge in [-0.3, -0.25) is 10.1 Å². The van der Waals surface area contributed by atoms with E-state index in [1.807, 2.05) is 0 Å². The second-order valence-electron chi connectivity index (χ2n) is 5.98. The summed E-state index contributed by atoms with van der Waals surface area (Å²) < 4.78 is 10.7. The van der Waals surface area contributed by atoms with Crippen molar-refractivity contribution in [3.8, 4) is 5.75 Å². The Labute approximate surface area is 124 Å². The van der Waals surface area contributed by atoms with Crippen molar-refractivity contribution in [3.05, 3.63) is 33.4 Å². The molecule has 0 saturated heterocycles. The van der Waals surface area contributed by atoms with Crippen LogP contribution in [0.4, 0.5) is 5.69 Å². The molecule has 116 valence electrons. The van der Waals surface area contributed by atoms with Gasteiger partial charge in [0.1, 0.15) is 5.60 Å². The van der Waals surface area contributed by atoms with Crippen LogP contribution in [0.5, 0.6) is 5.75 Å². The van der Waals surface area contributed by atoms with Crippen LogP contribution in [0.15, 0.2) is 12.1 Å². The molecule has 1 rings (SSSR count). The van der Waals surface area contributed by atoms with Crippen LogP contribution in [0, 0.1) is 24.0 Å². The topological polar surface area (TPSA) is 78.7 Å². The Morgan fingerprint density at radius 1 is 1.29 bits per heavy atom. The molecule has 6 nitrogen and oxygen atoms in total. The van der Waals surface area contributed by atoms with Crippen molar-refractivity contribution in [1.29, 1.82) is 0 Å². The maximum absolute atomic E-state index is 11.9. The second-order valence-corrected chi connectivity index (χ2v) is 5.98. The van der Waals surface area contributed by atoms with Gasteiger partial charge in [-0.25, -0.2) is 4.79 Å². The zero-order chi connectivity index (χ0) is 16.4. The summed E-state index contributed by atoms with van der Waals surface area (Å²) in [5, 5.41) is 11.1. The molecule has 1 atom stereocenters. The van der Waals surface area contributed by atoms with Crippen molar-refractivity contribution in [1.82, 2.24) is 0 Å². The lowest BCUT2D eigenvalue weighted by atomic mass is 10.1. The Balaban J connectivity index is 3.02. The second kappa shape index (κ2) is 6.11. The SMILES string of the molecule is Cc1cc(C)c(OC(C)C(=O)OC(C)(C)C)c([N+](=O)[O-])c1. The number of benzene rings is 1. The van der Waals surface area contributed by atoms with Gasteiger partial charge in [0.2, 0.25) is 5.75 Å². The van der Waals surface area contributed by atoms with E-state index in [0.29, 0.717) is 5.56 Å². The van der Waals surface area contributed by atoms with Gasteiger partial charge in [-0.2, -0.15) is 0 Å². The van der Waals surface area contributed by atoms with Gasteiger partial charge >= 0.3 is 11.7 Å². The number of nitro groups is 1. The Hall–Kier alpha value is -2.11. The minimum Gasteiger partial charge on any atom is -0.472 e. The van der Waals surface area contributed by atoms with Gasteiger partial charge < -0.3 is 9.47 Å². The number of nitro benzene ring substituents is 1. The first-order valence-electron chi connectivity index (χ1n) is 6.66. The Bertz CT molecular complexity index is 560. The van der Waals surface area contributed by atoms with E-state index in [0.717, 1.165) is 5.56 Å². The first-order chi connectivity index (χ1) is 9.51. The standard InChI is InChI=1S/C15H21NO5/c1-9-7-10(2)13(12(8-9)16(18)19)20-11(3)14(17)21-15(4,5)6/h7-8,11H,1-6H3. The number of hydrogen-bond donors (Lipinski definition) is 0. The number of aryl methyl sites for hydroxylation is 2. The molecule has 0 aliphatic rings. The predicted molar refractivity (Wildman–Crippen MR) is 78.5 cm³/mol. The van der Waals surface area contributed by atoms with Crippen molar-refractivity contribution in [3.63, 3.8) is 0 Å². The van der Waals surface area contributed by atoms with Gasteiger partial charge in [-0.05, 0) is 52.7 Å². The molecule has 0 heterocycles. The molecule has 6 heteroatoms. The molecule has 0 saturated carbocycles. The van der Waals surface area contributed by atoms with Gasteiger partial charge in [0.05, 0.1) is 4.92 Å². The molecule has 0 aliphatic carbocycles. The number of esters is 1. The fraction of sp³-hybridized carbons (Fsp3) is 0.533. The minimum absolute atomic E-state index is 0.101. The summed E-state index contributed by atoms with van der Waals surface area (Å²) in [7, 11) is 0. The normalized spacial score (nSPS) is 12.7. The first-order valence-corrected chi connectivity index (χ1v) is 6.66. The molecule has 0 spiro atoms. The Kier molecular flexibility index (Phi) is 4.93. The maximum Gasteiger partial charge on any atom is 0.347 e. The maximum atomic E-state index is 11.9. The summed E-state index contributed by atoms with van der Waals surface area (Å²) in [5.74, 6) is -0.458. The highest BCUT2D eigenvalue weighted by Gasteiger charge is 2.27. The minimum atomic E-state index is -0.927. The van der Waals surface area contributed by atoms with Crippen molar-refractivity contribution >= 4 is 11.7 Å². The monoisotopic (exact) mass is 295 g/mol. The van der Waals surface area contributed by atoms with Gasteiger partial charge in [-0.15, -0.1) is 0 Å². The van der Waals surface area contributed by atoms with E-state index in [4.69, 9.17) is 9.47 Å². The van der Waals surface area contributed by atoms with Gasteiger partial charge in [-0.1, -0.05) is 6.07 Å². The lowest BCUT2D eigenvalue weighted by molar-refractivity contribution is -0.386. The average molecular weight is 295 g/mol. The largest absolute Gasteiger partial charge is 0.472 e. The molecule has 0 radical (unpaired) electrons. The third kappa shape index (κ3) is 4.73. The lowest BCUT2D eigenvalue weighted by Crippen LogP contribution is -2.33. The van der Waals surface area contributed by atoms with Gasteiger partial charge in [0, 0.05) is 6.07 Å². The van der Waals surface area contributed by atoms with E-state index in [1.165, 1.54) is 13.0 Å². The highest BCUT2D eigenvalue weighted by Crippen LogP contribution is 2.33. The van der Waals surface area contributed by atoms with Gasteiger partial charge in [0.25, 0.3) is 0 Å². The van der Waals surface area contributed by atoms with E-state index >= 15 is 0 Å². The van der Waals surface area contributed by atoms with Crippen LogP contribution in [0.2, 0.25) is 0 Å². The van der Waals surface area contributed by atoms with Crippen LogP contribution in [0.25, 0.3) is 0 Å². The lowest BCUT2D eigenvalue weighted by Gasteiger charge is -2.23. The molecule has 1 aromatic carbocycles. The van der Waals surface area contributed by atoms with E-state index in [2.05, 4.69) is 0 Å². The molecule has 1 aromatic rings. The fourth-order valence-corrected chi connectivity index (χ4v) is 1.83. The summed E-state index contributed by atoms with van der Waals surface area (Å²) >= 11 is 0. The summed E-state index contributed by atoms with van der Waals surface area (Å²) in [6.45, 7) is 10.2. The highest BCUT2D eigenvalue weighted by atomic mass is 16.6. The molecular formula is C15H21NO5. The Morgan fingerprint density at radius 2 is 1.86 bits per heavy atom. The molecular weight excluding hydrogens is 274 g/mol. The van der Waals surface area contributed by atoms with Crippen LogP contribution in [0.1, 0.15) is 38.8 Å². The highest BCUT2D eigenvalue weighted by molar-refractivity contribution is 5.75. The summed E-state index contributed by atoms with van der Waals surface area (Å²) in [6, 6.07) is 3.19. The molecule has 0 aliphatic heterocycles. The first kappa shape index (κ1) is 16.9. The smallest absolute Gasteiger partial charge is 0.347 e. The quantitative estimate of drug-likeness (QED) is 0.483. The van der Waals surface area contributed by atoms with E-state index in [9.17, 15) is 14.9 Å². The predicted octanol–water partition coefficient (Wildman–Crippen LogP) is 3.32. The van der Waals surface area contributed by atoms with Crippen LogP contribution in [-0.4, -0.2) is 22.6 Å². The van der Waals surface area contributed by atoms with Gasteiger partial charge in [0.15, 0.2) is 6.10 Å². The van der Waals surface area contributed by atoms with E-state index in [1.54, 1.807) is 40.7 Å². The van der Waals surface area contributed by atoms with Crippen LogP contribution >= 0.6 is 0 Å². The van der Waals surface area contributed by atoms with Crippen LogP contribution in [-0.2, 0) is 9.53 Å². The third-order valence-electron chi connectivity index (χ3n) is 2.63. The summed E-state index contributed by atoms with van der Waals surface area (Å²) in [6.07, 6.45) is -0.927. The van der Waals surface area contributed by atoms with E-state index < -0.39 is 22.6 Å².